The van der Waals surface area contributed by atoms with Crippen LogP contribution in [0.15, 0.2) is 24.3 Å². The van der Waals surface area contributed by atoms with Crippen LogP contribution in [0, 0.1) is 0 Å². The van der Waals surface area contributed by atoms with Crippen molar-refractivity contribution >= 4 is 5.97 Å². The van der Waals surface area contributed by atoms with Gasteiger partial charge >= 0.3 is 5.97 Å². The molecule has 3 nitrogen and oxygen atoms in total. The first kappa shape index (κ1) is 17.0. The number of hydrogen-bond donors (Lipinski definition) is 1. The number of nitrogens with one attached hydrogen (secondary N) is 1. The molecule has 1 aliphatic heterocycles. The lowest BCUT2D eigenvalue weighted by Gasteiger charge is -2.45. The zero-order valence-corrected chi connectivity index (χ0v) is 14.7. The van der Waals surface area contributed by atoms with Crippen LogP contribution in [0.4, 0.5) is 0 Å². The van der Waals surface area contributed by atoms with Gasteiger partial charge in [0.25, 0.3) is 0 Å². The predicted octanol–water partition coefficient (Wildman–Crippen LogP) is 4.28. The normalized spacial score (nSPS) is 20.9. The van der Waals surface area contributed by atoms with E-state index in [1.807, 2.05) is 24.3 Å². The van der Waals surface area contributed by atoms with E-state index >= 15 is 0 Å². The Labute approximate surface area is 134 Å². The van der Waals surface area contributed by atoms with Gasteiger partial charge in [0.05, 0.1) is 5.56 Å². The summed E-state index contributed by atoms with van der Waals surface area (Å²) in [6.45, 7) is 12.9. The molecule has 1 heterocycles. The zero-order valence-electron chi connectivity index (χ0n) is 14.7. The van der Waals surface area contributed by atoms with E-state index < -0.39 is 0 Å². The van der Waals surface area contributed by atoms with E-state index in [4.69, 9.17) is 4.74 Å². The monoisotopic (exact) mass is 303 g/mol. The van der Waals surface area contributed by atoms with Crippen molar-refractivity contribution in [1.82, 2.24) is 5.32 Å². The van der Waals surface area contributed by atoms with Crippen LogP contribution in [0.25, 0.3) is 0 Å². The Balaban J connectivity index is 2.05. The summed E-state index contributed by atoms with van der Waals surface area (Å²) < 4.78 is 5.77. The van der Waals surface area contributed by atoms with E-state index in [1.165, 1.54) is 5.56 Å². The Bertz CT molecular complexity index is 513. The second-order valence-corrected chi connectivity index (χ2v) is 8.11. The quantitative estimate of drug-likeness (QED) is 0.847. The molecule has 1 fully saturated rings. The summed E-state index contributed by atoms with van der Waals surface area (Å²) in [4.78, 5) is 12.4. The molecule has 0 atom stereocenters. The number of piperidine rings is 1. The highest BCUT2D eigenvalue weighted by atomic mass is 16.5. The molecule has 2 rings (SSSR count). The summed E-state index contributed by atoms with van der Waals surface area (Å²) in [5.74, 6) is 0.255. The van der Waals surface area contributed by atoms with Crippen LogP contribution < -0.4 is 5.32 Å². The van der Waals surface area contributed by atoms with E-state index in [0.29, 0.717) is 11.5 Å². The van der Waals surface area contributed by atoms with Gasteiger partial charge in [-0.05, 0) is 51.3 Å². The lowest BCUT2D eigenvalue weighted by Crippen LogP contribution is -2.59. The maximum atomic E-state index is 12.4. The van der Waals surface area contributed by atoms with Gasteiger partial charge in [0, 0.05) is 23.9 Å². The number of carbonyl (C=O) groups excluding carboxylic acids is 1. The van der Waals surface area contributed by atoms with E-state index in [-0.39, 0.29) is 23.2 Å². The molecule has 0 bridgehead atoms. The summed E-state index contributed by atoms with van der Waals surface area (Å²) >= 11 is 0. The van der Waals surface area contributed by atoms with E-state index in [2.05, 4.69) is 46.9 Å². The van der Waals surface area contributed by atoms with Gasteiger partial charge in [-0.2, -0.15) is 0 Å². The molecule has 22 heavy (non-hydrogen) atoms. The summed E-state index contributed by atoms with van der Waals surface area (Å²) in [6, 6.07) is 7.76. The average molecular weight is 303 g/mol. The summed E-state index contributed by atoms with van der Waals surface area (Å²) in [5.41, 5.74) is 1.83. The van der Waals surface area contributed by atoms with Gasteiger partial charge in [-0.25, -0.2) is 4.79 Å². The summed E-state index contributed by atoms with van der Waals surface area (Å²) in [6.07, 6.45) is 1.64. The molecular weight excluding hydrogens is 274 g/mol. The van der Waals surface area contributed by atoms with Gasteiger partial charge in [0.1, 0.15) is 6.10 Å². The highest BCUT2D eigenvalue weighted by Gasteiger charge is 2.39. The molecule has 1 aromatic carbocycles. The molecule has 1 N–H and O–H groups in total. The molecule has 3 heteroatoms. The Kier molecular flexibility index (Phi) is 4.67. The fraction of sp³-hybridized carbons (Fsp3) is 0.632. The largest absolute Gasteiger partial charge is 0.459 e. The standard InChI is InChI=1S/C19H29NO2/c1-13(2)14-7-9-15(10-8-14)17(21)22-16-11-18(3,4)20-19(5,6)12-16/h7-10,13,16,20H,11-12H2,1-6H3. The average Bonchev–Trinajstić information content (AvgIpc) is 2.34. The van der Waals surface area contributed by atoms with E-state index in [1.54, 1.807) is 0 Å². The maximum Gasteiger partial charge on any atom is 0.338 e. The highest BCUT2D eigenvalue weighted by molar-refractivity contribution is 5.89. The lowest BCUT2D eigenvalue weighted by atomic mass is 9.81. The number of hydrogen-bond acceptors (Lipinski definition) is 3. The molecule has 1 aliphatic rings. The zero-order chi connectivity index (χ0) is 16.5. The highest BCUT2D eigenvalue weighted by Crippen LogP contribution is 2.30. The maximum absolute atomic E-state index is 12.4. The third kappa shape index (κ3) is 4.33. The second-order valence-electron chi connectivity index (χ2n) is 8.11. The molecule has 0 radical (unpaired) electrons. The predicted molar refractivity (Wildman–Crippen MR) is 90.3 cm³/mol. The minimum atomic E-state index is -0.214. The van der Waals surface area contributed by atoms with Crippen LogP contribution in [0.1, 0.15) is 76.2 Å². The van der Waals surface area contributed by atoms with Crippen molar-refractivity contribution in [2.45, 2.75) is 77.5 Å². The van der Waals surface area contributed by atoms with Gasteiger partial charge in [-0.3, -0.25) is 0 Å². The van der Waals surface area contributed by atoms with Crippen LogP contribution in [0.2, 0.25) is 0 Å². The topological polar surface area (TPSA) is 38.3 Å². The fourth-order valence-electron chi connectivity index (χ4n) is 3.54. The third-order valence-electron chi connectivity index (χ3n) is 4.24. The first-order valence-corrected chi connectivity index (χ1v) is 8.18. The second kappa shape index (κ2) is 6.04. The molecule has 0 amide bonds. The summed E-state index contributed by atoms with van der Waals surface area (Å²) in [5, 5.41) is 3.60. The summed E-state index contributed by atoms with van der Waals surface area (Å²) in [7, 11) is 0. The number of carbonyl (C=O) groups is 1. The Morgan fingerprint density at radius 1 is 1.09 bits per heavy atom. The molecule has 0 spiro atoms. The minimum Gasteiger partial charge on any atom is -0.459 e. The van der Waals surface area contributed by atoms with Crippen LogP contribution >= 0.6 is 0 Å². The van der Waals surface area contributed by atoms with Crippen molar-refractivity contribution < 1.29 is 9.53 Å². The number of esters is 1. The van der Waals surface area contributed by atoms with Gasteiger partial charge in [-0.15, -0.1) is 0 Å². The molecule has 0 unspecified atom stereocenters. The molecule has 0 aromatic heterocycles. The fourth-order valence-corrected chi connectivity index (χ4v) is 3.54. The first-order valence-electron chi connectivity index (χ1n) is 8.18. The molecule has 0 saturated carbocycles. The third-order valence-corrected chi connectivity index (χ3v) is 4.24. The Hall–Kier alpha value is -1.35. The van der Waals surface area contributed by atoms with Crippen LogP contribution in [-0.2, 0) is 4.74 Å². The molecule has 122 valence electrons. The van der Waals surface area contributed by atoms with Crippen LogP contribution in [0.3, 0.4) is 0 Å². The van der Waals surface area contributed by atoms with Gasteiger partial charge in [0.2, 0.25) is 0 Å². The van der Waals surface area contributed by atoms with E-state index in [9.17, 15) is 4.79 Å². The molecule has 1 saturated heterocycles. The lowest BCUT2D eigenvalue weighted by molar-refractivity contribution is -0.00637. The van der Waals surface area contributed by atoms with Crippen molar-refractivity contribution in [2.75, 3.05) is 0 Å². The minimum absolute atomic E-state index is 0.0196. The molecule has 0 aliphatic carbocycles. The Morgan fingerprint density at radius 2 is 1.59 bits per heavy atom. The number of ether oxygens (including phenoxy) is 1. The molecule has 1 aromatic rings. The number of benzene rings is 1. The van der Waals surface area contributed by atoms with Crippen molar-refractivity contribution in [3.8, 4) is 0 Å². The van der Waals surface area contributed by atoms with Gasteiger partial charge < -0.3 is 10.1 Å². The molecular formula is C19H29NO2. The van der Waals surface area contributed by atoms with Crippen molar-refractivity contribution in [3.05, 3.63) is 35.4 Å². The first-order chi connectivity index (χ1) is 10.1. The van der Waals surface area contributed by atoms with Crippen molar-refractivity contribution in [3.63, 3.8) is 0 Å². The van der Waals surface area contributed by atoms with Gasteiger partial charge in [-0.1, -0.05) is 26.0 Å². The van der Waals surface area contributed by atoms with E-state index in [0.717, 1.165) is 12.8 Å². The van der Waals surface area contributed by atoms with Gasteiger partial charge in [0.15, 0.2) is 0 Å². The van der Waals surface area contributed by atoms with Crippen LogP contribution in [0.5, 0.6) is 0 Å². The van der Waals surface area contributed by atoms with Crippen molar-refractivity contribution in [2.24, 2.45) is 0 Å². The number of rotatable bonds is 3. The Morgan fingerprint density at radius 3 is 2.05 bits per heavy atom. The van der Waals surface area contributed by atoms with Crippen LogP contribution in [-0.4, -0.2) is 23.2 Å². The smallest absolute Gasteiger partial charge is 0.338 e. The van der Waals surface area contributed by atoms with Crippen molar-refractivity contribution in [1.29, 1.82) is 0 Å². The SMILES string of the molecule is CC(C)c1ccc(C(=O)OC2CC(C)(C)NC(C)(C)C2)cc1.